The topological polar surface area (TPSA) is 29.1 Å². The summed E-state index contributed by atoms with van der Waals surface area (Å²) in [4.78, 5) is 0. The Labute approximate surface area is 76.6 Å². The van der Waals surface area contributed by atoms with Crippen LogP contribution in [0.15, 0.2) is 0 Å². The number of nitrogens with one attached hydrogen (secondary N) is 1. The standard InChI is InChI=1S/C9H22NOP/c1-7(2)10-12(11,8(3)4)9(5)6/h7-9H,1-6H3,(H,10,11). The predicted molar refractivity (Wildman–Crippen MR) is 56.2 cm³/mol. The molecule has 3 heteroatoms. The van der Waals surface area contributed by atoms with E-state index >= 15 is 0 Å². The molecule has 74 valence electrons. The van der Waals surface area contributed by atoms with Crippen molar-refractivity contribution in [3.05, 3.63) is 0 Å². The highest BCUT2D eigenvalue weighted by Gasteiger charge is 2.30. The van der Waals surface area contributed by atoms with Crippen molar-refractivity contribution in [2.75, 3.05) is 0 Å². The molecule has 0 heterocycles. The molecule has 0 rings (SSSR count). The van der Waals surface area contributed by atoms with E-state index in [4.69, 9.17) is 0 Å². The van der Waals surface area contributed by atoms with Gasteiger partial charge >= 0.3 is 0 Å². The van der Waals surface area contributed by atoms with Crippen LogP contribution in [0.25, 0.3) is 0 Å². The van der Waals surface area contributed by atoms with E-state index in [0.29, 0.717) is 6.04 Å². The lowest BCUT2D eigenvalue weighted by atomic mass is 10.4. The first kappa shape index (κ1) is 12.2. The summed E-state index contributed by atoms with van der Waals surface area (Å²) in [6.45, 7) is 12.2. The Kier molecular flexibility index (Phi) is 4.50. The van der Waals surface area contributed by atoms with Crippen LogP contribution in [-0.2, 0) is 4.57 Å². The third kappa shape index (κ3) is 2.91. The smallest absolute Gasteiger partial charge is 0.152 e. The summed E-state index contributed by atoms with van der Waals surface area (Å²) in [5.41, 5.74) is 0.472. The molecule has 0 saturated heterocycles. The van der Waals surface area contributed by atoms with Crippen molar-refractivity contribution in [2.24, 2.45) is 0 Å². The lowest BCUT2D eigenvalue weighted by molar-refractivity contribution is 0.540. The second-order valence-electron chi connectivity index (χ2n) is 4.18. The van der Waals surface area contributed by atoms with E-state index < -0.39 is 7.29 Å². The predicted octanol–water partition coefficient (Wildman–Crippen LogP) is 3.08. The molecule has 0 atom stereocenters. The minimum absolute atomic E-state index is 0.236. The highest BCUT2D eigenvalue weighted by molar-refractivity contribution is 7.63. The van der Waals surface area contributed by atoms with Crippen LogP contribution in [0.2, 0.25) is 0 Å². The van der Waals surface area contributed by atoms with Crippen LogP contribution in [0.5, 0.6) is 0 Å². The lowest BCUT2D eigenvalue weighted by Crippen LogP contribution is -2.28. The Bertz CT molecular complexity index is 163. The van der Waals surface area contributed by atoms with E-state index in [-0.39, 0.29) is 11.3 Å². The van der Waals surface area contributed by atoms with Gasteiger partial charge in [0.25, 0.3) is 0 Å². The molecule has 0 aliphatic rings. The maximum Gasteiger partial charge on any atom is 0.152 e. The molecule has 0 radical (unpaired) electrons. The third-order valence-electron chi connectivity index (χ3n) is 1.99. The molecule has 0 aromatic rings. The maximum absolute atomic E-state index is 12.3. The Morgan fingerprint density at radius 2 is 1.25 bits per heavy atom. The SMILES string of the molecule is CC(C)NP(=O)(C(C)C)C(C)C. The molecular formula is C9H22NOP. The third-order valence-corrected chi connectivity index (χ3v) is 5.98. The van der Waals surface area contributed by atoms with Crippen molar-refractivity contribution in [3.8, 4) is 0 Å². The molecule has 0 aromatic carbocycles. The van der Waals surface area contributed by atoms with Gasteiger partial charge in [0, 0.05) is 17.4 Å². The molecule has 0 aliphatic heterocycles. The van der Waals surface area contributed by atoms with Gasteiger partial charge in [-0.3, -0.25) is 5.09 Å². The van der Waals surface area contributed by atoms with Gasteiger partial charge in [0.15, 0.2) is 7.29 Å². The summed E-state index contributed by atoms with van der Waals surface area (Å²) in [7, 11) is -2.17. The average molecular weight is 191 g/mol. The van der Waals surface area contributed by atoms with Crippen LogP contribution in [0.4, 0.5) is 0 Å². The van der Waals surface area contributed by atoms with Crippen molar-refractivity contribution >= 4 is 7.29 Å². The van der Waals surface area contributed by atoms with Crippen molar-refractivity contribution in [1.82, 2.24) is 5.09 Å². The Morgan fingerprint density at radius 3 is 1.33 bits per heavy atom. The zero-order valence-electron chi connectivity index (χ0n) is 9.09. The molecule has 0 fully saturated rings. The molecular weight excluding hydrogens is 169 g/mol. The fraction of sp³-hybridized carbons (Fsp3) is 1.00. The normalized spacial score (nSPS) is 13.4. The highest BCUT2D eigenvalue weighted by Crippen LogP contribution is 2.51. The second-order valence-corrected chi connectivity index (χ2v) is 7.92. The monoisotopic (exact) mass is 191 g/mol. The van der Waals surface area contributed by atoms with Crippen molar-refractivity contribution in [1.29, 1.82) is 0 Å². The zero-order chi connectivity index (χ0) is 9.94. The maximum atomic E-state index is 12.3. The van der Waals surface area contributed by atoms with E-state index in [1.54, 1.807) is 0 Å². The van der Waals surface area contributed by atoms with Gasteiger partial charge in [-0.15, -0.1) is 0 Å². The second kappa shape index (κ2) is 4.43. The van der Waals surface area contributed by atoms with Gasteiger partial charge in [-0.25, -0.2) is 0 Å². The van der Waals surface area contributed by atoms with Gasteiger partial charge in [0.05, 0.1) is 0 Å². The first-order valence-corrected chi connectivity index (χ1v) is 6.52. The Morgan fingerprint density at radius 1 is 0.917 bits per heavy atom. The lowest BCUT2D eigenvalue weighted by Gasteiger charge is -2.28. The molecule has 2 nitrogen and oxygen atoms in total. The molecule has 1 N–H and O–H groups in total. The van der Waals surface area contributed by atoms with Gasteiger partial charge in [-0.05, 0) is 13.8 Å². The van der Waals surface area contributed by atoms with Crippen molar-refractivity contribution < 1.29 is 4.57 Å². The summed E-state index contributed by atoms with van der Waals surface area (Å²) >= 11 is 0. The van der Waals surface area contributed by atoms with E-state index in [2.05, 4.69) is 5.09 Å². The van der Waals surface area contributed by atoms with Gasteiger partial charge in [0.1, 0.15) is 0 Å². The summed E-state index contributed by atoms with van der Waals surface area (Å²) in [6.07, 6.45) is 0. The molecule has 0 amide bonds. The van der Waals surface area contributed by atoms with Gasteiger partial charge in [0.2, 0.25) is 0 Å². The molecule has 12 heavy (non-hydrogen) atoms. The van der Waals surface area contributed by atoms with Crippen LogP contribution in [0, 0.1) is 0 Å². The van der Waals surface area contributed by atoms with Crippen LogP contribution < -0.4 is 5.09 Å². The molecule has 0 aromatic heterocycles. The highest BCUT2D eigenvalue weighted by atomic mass is 31.2. The van der Waals surface area contributed by atoms with Gasteiger partial charge in [-0.2, -0.15) is 0 Å². The average Bonchev–Trinajstić information content (AvgIpc) is 1.84. The fourth-order valence-corrected chi connectivity index (χ4v) is 3.89. The zero-order valence-corrected chi connectivity index (χ0v) is 9.98. The van der Waals surface area contributed by atoms with Gasteiger partial charge < -0.3 is 4.57 Å². The minimum Gasteiger partial charge on any atom is -0.306 e. The van der Waals surface area contributed by atoms with E-state index in [1.807, 2.05) is 41.5 Å². The first-order chi connectivity index (χ1) is 5.30. The quantitative estimate of drug-likeness (QED) is 0.692. The summed E-state index contributed by atoms with van der Waals surface area (Å²) in [5.74, 6) is 0. The van der Waals surface area contributed by atoms with Crippen molar-refractivity contribution in [3.63, 3.8) is 0 Å². The minimum atomic E-state index is -2.17. The van der Waals surface area contributed by atoms with Crippen LogP contribution >= 0.6 is 7.29 Å². The largest absolute Gasteiger partial charge is 0.306 e. The van der Waals surface area contributed by atoms with E-state index in [9.17, 15) is 4.57 Å². The first-order valence-electron chi connectivity index (χ1n) is 4.68. The van der Waals surface area contributed by atoms with Crippen molar-refractivity contribution in [2.45, 2.75) is 58.9 Å². The molecule has 0 saturated carbocycles. The van der Waals surface area contributed by atoms with E-state index in [1.165, 1.54) is 0 Å². The molecule has 0 bridgehead atoms. The van der Waals surface area contributed by atoms with Crippen LogP contribution in [0.3, 0.4) is 0 Å². The summed E-state index contributed by atoms with van der Waals surface area (Å²) in [5, 5.41) is 3.21. The summed E-state index contributed by atoms with van der Waals surface area (Å²) < 4.78 is 12.3. The Hall–Kier alpha value is 0.190. The van der Waals surface area contributed by atoms with E-state index in [0.717, 1.165) is 0 Å². The Balaban J connectivity index is 4.53. The fourth-order valence-electron chi connectivity index (χ4n) is 1.30. The summed E-state index contributed by atoms with van der Waals surface area (Å²) in [6, 6.07) is 0.306. The number of rotatable bonds is 4. The molecule has 0 aliphatic carbocycles. The molecule has 0 spiro atoms. The molecule has 0 unspecified atom stereocenters. The van der Waals surface area contributed by atoms with Crippen LogP contribution in [0.1, 0.15) is 41.5 Å². The number of hydrogen-bond donors (Lipinski definition) is 1. The van der Waals surface area contributed by atoms with Gasteiger partial charge in [-0.1, -0.05) is 27.7 Å². The van der Waals surface area contributed by atoms with Crippen LogP contribution in [-0.4, -0.2) is 17.4 Å². The number of hydrogen-bond acceptors (Lipinski definition) is 1.